The Hall–Kier alpha value is -3.60. The summed E-state index contributed by atoms with van der Waals surface area (Å²) in [5.74, 6) is 0.114. The molecule has 0 aliphatic heterocycles. The maximum Gasteiger partial charge on any atom is 0.243 e. The molecule has 1 aromatic heterocycles. The highest BCUT2D eigenvalue weighted by molar-refractivity contribution is 7.89. The van der Waals surface area contributed by atoms with Gasteiger partial charge in [-0.15, -0.1) is 0 Å². The highest BCUT2D eigenvalue weighted by atomic mass is 35.5. The van der Waals surface area contributed by atoms with Crippen molar-refractivity contribution in [1.82, 2.24) is 14.4 Å². The van der Waals surface area contributed by atoms with E-state index in [0.29, 0.717) is 28.8 Å². The van der Waals surface area contributed by atoms with Gasteiger partial charge in [-0.1, -0.05) is 60.9 Å². The van der Waals surface area contributed by atoms with Gasteiger partial charge in [0.2, 0.25) is 21.8 Å². The molecule has 11 heteroatoms. The number of anilines is 1. The molecular weight excluding hydrogens is 531 g/mol. The summed E-state index contributed by atoms with van der Waals surface area (Å²) in [6, 6.07) is 18.4. The summed E-state index contributed by atoms with van der Waals surface area (Å²) in [5, 5.41) is 7.05. The lowest BCUT2D eigenvalue weighted by Gasteiger charge is -2.22. The minimum Gasteiger partial charge on any atom is -0.339 e. The van der Waals surface area contributed by atoms with Crippen LogP contribution in [-0.4, -0.2) is 35.3 Å². The van der Waals surface area contributed by atoms with E-state index in [0.717, 1.165) is 9.87 Å². The van der Waals surface area contributed by atoms with Crippen molar-refractivity contribution < 1.29 is 22.1 Å². The number of aromatic nitrogens is 2. The summed E-state index contributed by atoms with van der Waals surface area (Å²) >= 11 is 5.90. The first-order valence-corrected chi connectivity index (χ1v) is 13.6. The minimum atomic E-state index is -4.14. The van der Waals surface area contributed by atoms with Crippen molar-refractivity contribution >= 4 is 33.2 Å². The fourth-order valence-electron chi connectivity index (χ4n) is 3.62. The number of benzene rings is 3. The standard InChI is InChI=1S/C27H26ClFN4O4S/c1-18(2)27-31-25(32-37-27)15-19-7-11-22(12-8-19)30-26(34)17-33(16-20-5-3-4-6-24(20)29)38(35,36)23-13-9-21(28)10-14-23/h3-14,18H,15-17H2,1-2H3,(H,30,34). The van der Waals surface area contributed by atoms with Crippen LogP contribution in [-0.2, 0) is 27.8 Å². The molecule has 1 heterocycles. The van der Waals surface area contributed by atoms with E-state index in [1.54, 1.807) is 18.2 Å². The van der Waals surface area contributed by atoms with Gasteiger partial charge in [0.1, 0.15) is 5.82 Å². The molecule has 198 valence electrons. The second kappa shape index (κ2) is 11.8. The van der Waals surface area contributed by atoms with Crippen molar-refractivity contribution in [2.24, 2.45) is 0 Å². The van der Waals surface area contributed by atoms with E-state index in [4.69, 9.17) is 16.1 Å². The molecule has 38 heavy (non-hydrogen) atoms. The largest absolute Gasteiger partial charge is 0.339 e. The number of hydrogen-bond donors (Lipinski definition) is 1. The van der Waals surface area contributed by atoms with Crippen molar-refractivity contribution in [2.75, 3.05) is 11.9 Å². The van der Waals surface area contributed by atoms with Crippen molar-refractivity contribution in [1.29, 1.82) is 0 Å². The number of sulfonamides is 1. The molecule has 4 rings (SSSR count). The van der Waals surface area contributed by atoms with E-state index in [9.17, 15) is 17.6 Å². The fraction of sp³-hybridized carbons (Fsp3) is 0.222. The Kier molecular flexibility index (Phi) is 8.55. The third kappa shape index (κ3) is 6.83. The highest BCUT2D eigenvalue weighted by Crippen LogP contribution is 2.22. The quantitative estimate of drug-likeness (QED) is 0.280. The van der Waals surface area contributed by atoms with Gasteiger partial charge in [0.05, 0.1) is 11.4 Å². The summed E-state index contributed by atoms with van der Waals surface area (Å²) in [6.07, 6.45) is 0.459. The van der Waals surface area contributed by atoms with Crippen molar-refractivity contribution in [3.8, 4) is 0 Å². The fourth-order valence-corrected chi connectivity index (χ4v) is 5.12. The Morgan fingerprint density at radius 1 is 1.05 bits per heavy atom. The van der Waals surface area contributed by atoms with Crippen LogP contribution in [0.2, 0.25) is 5.02 Å². The molecule has 1 N–H and O–H groups in total. The molecule has 0 spiro atoms. The lowest BCUT2D eigenvalue weighted by Crippen LogP contribution is -2.37. The summed E-state index contributed by atoms with van der Waals surface area (Å²) in [4.78, 5) is 17.2. The summed E-state index contributed by atoms with van der Waals surface area (Å²) in [6.45, 7) is 3.08. The van der Waals surface area contributed by atoms with Gasteiger partial charge in [0.15, 0.2) is 5.82 Å². The maximum absolute atomic E-state index is 14.4. The third-order valence-electron chi connectivity index (χ3n) is 5.65. The Bertz CT molecular complexity index is 1510. The van der Waals surface area contributed by atoms with Gasteiger partial charge in [-0.2, -0.15) is 9.29 Å². The van der Waals surface area contributed by atoms with E-state index in [1.807, 2.05) is 26.0 Å². The third-order valence-corrected chi connectivity index (χ3v) is 7.71. The predicted molar refractivity (Wildman–Crippen MR) is 142 cm³/mol. The number of hydrogen-bond acceptors (Lipinski definition) is 6. The lowest BCUT2D eigenvalue weighted by molar-refractivity contribution is -0.116. The zero-order chi connectivity index (χ0) is 27.3. The Morgan fingerprint density at radius 2 is 1.74 bits per heavy atom. The maximum atomic E-state index is 14.4. The molecular formula is C27H26ClFN4O4S. The summed E-state index contributed by atoms with van der Waals surface area (Å²) < 4.78 is 47.3. The molecule has 1 amide bonds. The molecule has 0 saturated carbocycles. The monoisotopic (exact) mass is 556 g/mol. The number of rotatable bonds is 10. The number of nitrogens with zero attached hydrogens (tertiary/aromatic N) is 3. The normalized spacial score (nSPS) is 11.7. The SMILES string of the molecule is CC(C)c1nc(Cc2ccc(NC(=O)CN(Cc3ccccc3F)S(=O)(=O)c3ccc(Cl)cc3)cc2)no1. The van der Waals surface area contributed by atoms with Gasteiger partial charge < -0.3 is 9.84 Å². The average molecular weight is 557 g/mol. The molecule has 0 bridgehead atoms. The molecule has 0 aliphatic rings. The van der Waals surface area contributed by atoms with Gasteiger partial charge >= 0.3 is 0 Å². The van der Waals surface area contributed by atoms with Gasteiger partial charge in [-0.05, 0) is 48.0 Å². The van der Waals surface area contributed by atoms with Crippen molar-refractivity contribution in [3.05, 3.63) is 106 Å². The summed E-state index contributed by atoms with van der Waals surface area (Å²) in [5.41, 5.74) is 1.53. The average Bonchev–Trinajstić information content (AvgIpc) is 3.35. The smallest absolute Gasteiger partial charge is 0.243 e. The van der Waals surface area contributed by atoms with Crippen LogP contribution < -0.4 is 5.32 Å². The van der Waals surface area contributed by atoms with Crippen molar-refractivity contribution in [3.63, 3.8) is 0 Å². The number of carbonyl (C=O) groups is 1. The number of carbonyl (C=O) groups excluding carboxylic acids is 1. The van der Waals surface area contributed by atoms with Crippen LogP contribution in [0, 0.1) is 5.82 Å². The van der Waals surface area contributed by atoms with Crippen LogP contribution in [0.1, 0.15) is 42.6 Å². The van der Waals surface area contributed by atoms with E-state index in [1.165, 1.54) is 42.5 Å². The molecule has 8 nitrogen and oxygen atoms in total. The van der Waals surface area contributed by atoms with Gasteiger partial charge in [-0.25, -0.2) is 12.8 Å². The van der Waals surface area contributed by atoms with E-state index < -0.39 is 28.3 Å². The number of nitrogens with one attached hydrogen (secondary N) is 1. The molecule has 0 radical (unpaired) electrons. The minimum absolute atomic E-state index is 0.0579. The Morgan fingerprint density at radius 3 is 2.37 bits per heavy atom. The zero-order valence-corrected chi connectivity index (χ0v) is 22.3. The zero-order valence-electron chi connectivity index (χ0n) is 20.8. The Labute approximate surface area is 225 Å². The number of halogens is 2. The second-order valence-electron chi connectivity index (χ2n) is 8.94. The molecule has 0 aliphatic carbocycles. The molecule has 0 fully saturated rings. The van der Waals surface area contributed by atoms with Gasteiger partial charge in [-0.3, -0.25) is 4.79 Å². The number of amides is 1. The molecule has 0 saturated heterocycles. The van der Waals surface area contributed by atoms with E-state index >= 15 is 0 Å². The van der Waals surface area contributed by atoms with E-state index in [2.05, 4.69) is 15.5 Å². The summed E-state index contributed by atoms with van der Waals surface area (Å²) in [7, 11) is -4.14. The first-order chi connectivity index (χ1) is 18.1. The lowest BCUT2D eigenvalue weighted by atomic mass is 10.1. The molecule has 0 atom stereocenters. The highest BCUT2D eigenvalue weighted by Gasteiger charge is 2.28. The molecule has 3 aromatic carbocycles. The molecule has 4 aromatic rings. The van der Waals surface area contributed by atoms with E-state index in [-0.39, 0.29) is 22.9 Å². The topological polar surface area (TPSA) is 105 Å². The van der Waals surface area contributed by atoms with Crippen LogP contribution >= 0.6 is 11.6 Å². The first-order valence-electron chi connectivity index (χ1n) is 11.8. The van der Waals surface area contributed by atoms with Gasteiger partial charge in [0.25, 0.3) is 0 Å². The van der Waals surface area contributed by atoms with Crippen LogP contribution in [0.15, 0.2) is 82.2 Å². The van der Waals surface area contributed by atoms with Gasteiger partial charge in [0, 0.05) is 35.2 Å². The van der Waals surface area contributed by atoms with Crippen LogP contribution in [0.3, 0.4) is 0 Å². The first kappa shape index (κ1) is 27.4. The Balaban J connectivity index is 1.48. The van der Waals surface area contributed by atoms with Crippen LogP contribution in [0.5, 0.6) is 0 Å². The predicted octanol–water partition coefficient (Wildman–Crippen LogP) is 5.41. The van der Waals surface area contributed by atoms with Crippen LogP contribution in [0.25, 0.3) is 0 Å². The van der Waals surface area contributed by atoms with Crippen LogP contribution in [0.4, 0.5) is 10.1 Å². The molecule has 0 unspecified atom stereocenters. The van der Waals surface area contributed by atoms with Crippen molar-refractivity contribution in [2.45, 2.75) is 37.6 Å². The second-order valence-corrected chi connectivity index (χ2v) is 11.3.